The maximum atomic E-state index is 8.50. The summed E-state index contributed by atoms with van der Waals surface area (Å²) in [6, 6.07) is 5.44. The fourth-order valence-corrected chi connectivity index (χ4v) is 1.43. The van der Waals surface area contributed by atoms with E-state index in [0.717, 1.165) is 3.57 Å². The number of nitrogens with zero attached hydrogens (tertiary/aromatic N) is 1. The van der Waals surface area contributed by atoms with E-state index in [1.807, 2.05) is 6.07 Å². The summed E-state index contributed by atoms with van der Waals surface area (Å²) in [6.45, 7) is 0. The van der Waals surface area contributed by atoms with Gasteiger partial charge in [0, 0.05) is 3.57 Å². The van der Waals surface area contributed by atoms with Crippen molar-refractivity contribution in [3.05, 3.63) is 27.3 Å². The summed E-state index contributed by atoms with van der Waals surface area (Å²) in [6.07, 6.45) is 0. The third-order valence-corrected chi connectivity index (χ3v) is 2.22. The largest absolute Gasteiger partial charge is 0.496 e. The minimum absolute atomic E-state index is 0.0513. The number of hydrogen-bond acceptors (Lipinski definition) is 3. The van der Waals surface area contributed by atoms with E-state index in [0.29, 0.717) is 11.3 Å². The molecular weight excluding hydrogens is 283 g/mol. The molecule has 0 saturated carbocycles. The summed E-state index contributed by atoms with van der Waals surface area (Å²) >= 11 is 2.14. The maximum absolute atomic E-state index is 8.50. The second-order valence-electron chi connectivity index (χ2n) is 2.33. The van der Waals surface area contributed by atoms with Crippen molar-refractivity contribution in [2.24, 2.45) is 10.9 Å². The summed E-state index contributed by atoms with van der Waals surface area (Å²) in [5, 5.41) is 11.4. The highest BCUT2D eigenvalue weighted by atomic mass is 127. The molecule has 0 unspecified atom stereocenters. The first-order valence-electron chi connectivity index (χ1n) is 3.50. The molecule has 0 heterocycles. The van der Waals surface area contributed by atoms with Gasteiger partial charge in [0.15, 0.2) is 5.84 Å². The van der Waals surface area contributed by atoms with Crippen LogP contribution in [0.25, 0.3) is 0 Å². The van der Waals surface area contributed by atoms with Crippen LogP contribution < -0.4 is 10.5 Å². The molecule has 0 spiro atoms. The molecule has 0 aliphatic heterocycles. The second-order valence-corrected chi connectivity index (χ2v) is 3.58. The van der Waals surface area contributed by atoms with Crippen LogP contribution in [0.1, 0.15) is 5.56 Å². The lowest BCUT2D eigenvalue weighted by Gasteiger charge is -2.06. The molecule has 3 N–H and O–H groups in total. The summed E-state index contributed by atoms with van der Waals surface area (Å²) in [7, 11) is 1.54. The Morgan fingerprint density at radius 3 is 2.85 bits per heavy atom. The average molecular weight is 292 g/mol. The van der Waals surface area contributed by atoms with Crippen LogP contribution in [0.2, 0.25) is 0 Å². The predicted octanol–water partition coefficient (Wildman–Crippen LogP) is 1.39. The summed E-state index contributed by atoms with van der Waals surface area (Å²) < 4.78 is 6.05. The van der Waals surface area contributed by atoms with E-state index in [1.54, 1.807) is 12.1 Å². The summed E-state index contributed by atoms with van der Waals surface area (Å²) in [5.41, 5.74) is 6.05. The third kappa shape index (κ3) is 2.24. The van der Waals surface area contributed by atoms with E-state index in [1.165, 1.54) is 7.11 Å². The number of methoxy groups -OCH3 is 1. The molecule has 0 fully saturated rings. The molecule has 0 amide bonds. The van der Waals surface area contributed by atoms with Gasteiger partial charge in [0.2, 0.25) is 0 Å². The Balaban J connectivity index is 3.23. The van der Waals surface area contributed by atoms with Gasteiger partial charge in [-0.15, -0.1) is 0 Å². The van der Waals surface area contributed by atoms with Gasteiger partial charge in [-0.3, -0.25) is 0 Å². The van der Waals surface area contributed by atoms with Crippen molar-refractivity contribution in [3.8, 4) is 5.75 Å². The van der Waals surface area contributed by atoms with Gasteiger partial charge in [-0.2, -0.15) is 0 Å². The molecule has 0 aromatic heterocycles. The zero-order chi connectivity index (χ0) is 9.84. The van der Waals surface area contributed by atoms with Gasteiger partial charge in [0.05, 0.1) is 12.7 Å². The number of benzene rings is 1. The summed E-state index contributed by atoms with van der Waals surface area (Å²) in [5.74, 6) is 0.645. The van der Waals surface area contributed by atoms with E-state index in [9.17, 15) is 0 Å². The minimum Gasteiger partial charge on any atom is -0.496 e. The zero-order valence-electron chi connectivity index (χ0n) is 6.99. The first-order chi connectivity index (χ1) is 6.19. The molecule has 4 nitrogen and oxygen atoms in total. The zero-order valence-corrected chi connectivity index (χ0v) is 9.15. The first kappa shape index (κ1) is 10.1. The number of halogens is 1. The Morgan fingerprint density at radius 1 is 1.62 bits per heavy atom. The van der Waals surface area contributed by atoms with Crippen LogP contribution in [-0.4, -0.2) is 18.2 Å². The number of amidine groups is 1. The standard InChI is InChI=1S/C8H9IN2O2/c1-13-7-3-2-5(9)4-6(7)8(10)11-12/h2-4,12H,1H3,(H2,10,11). The van der Waals surface area contributed by atoms with Gasteiger partial charge in [0.25, 0.3) is 0 Å². The van der Waals surface area contributed by atoms with Crippen molar-refractivity contribution in [2.75, 3.05) is 7.11 Å². The van der Waals surface area contributed by atoms with Crippen LogP contribution in [0.4, 0.5) is 0 Å². The average Bonchev–Trinajstić information content (AvgIpc) is 2.16. The number of nitrogens with two attached hydrogens (primary N) is 1. The van der Waals surface area contributed by atoms with E-state index in [4.69, 9.17) is 15.7 Å². The third-order valence-electron chi connectivity index (χ3n) is 1.55. The van der Waals surface area contributed by atoms with Gasteiger partial charge in [-0.1, -0.05) is 5.16 Å². The molecule has 5 heteroatoms. The molecule has 0 radical (unpaired) electrons. The van der Waals surface area contributed by atoms with Gasteiger partial charge in [-0.25, -0.2) is 0 Å². The van der Waals surface area contributed by atoms with Crippen molar-refractivity contribution < 1.29 is 9.94 Å². The highest BCUT2D eigenvalue weighted by Crippen LogP contribution is 2.20. The van der Waals surface area contributed by atoms with Crippen molar-refractivity contribution in [1.82, 2.24) is 0 Å². The Hall–Kier alpha value is -0.980. The highest BCUT2D eigenvalue weighted by Gasteiger charge is 2.07. The van der Waals surface area contributed by atoms with Crippen LogP contribution in [0.15, 0.2) is 23.4 Å². The van der Waals surface area contributed by atoms with Gasteiger partial charge >= 0.3 is 0 Å². The van der Waals surface area contributed by atoms with Crippen molar-refractivity contribution >= 4 is 28.4 Å². The molecule has 0 aliphatic carbocycles. The lowest BCUT2D eigenvalue weighted by Crippen LogP contribution is -2.14. The minimum atomic E-state index is 0.0513. The van der Waals surface area contributed by atoms with Crippen LogP contribution in [0.5, 0.6) is 5.75 Å². The molecule has 70 valence electrons. The fourth-order valence-electron chi connectivity index (χ4n) is 0.934. The normalized spacial score (nSPS) is 11.4. The van der Waals surface area contributed by atoms with Crippen LogP contribution in [-0.2, 0) is 0 Å². The van der Waals surface area contributed by atoms with E-state index in [-0.39, 0.29) is 5.84 Å². The van der Waals surface area contributed by atoms with Crippen molar-refractivity contribution in [3.63, 3.8) is 0 Å². The highest BCUT2D eigenvalue weighted by molar-refractivity contribution is 14.1. The molecule has 0 saturated heterocycles. The topological polar surface area (TPSA) is 67.8 Å². The Bertz CT molecular complexity index is 339. The second kappa shape index (κ2) is 4.31. The molecule has 13 heavy (non-hydrogen) atoms. The maximum Gasteiger partial charge on any atom is 0.173 e. The van der Waals surface area contributed by atoms with E-state index in [2.05, 4.69) is 27.7 Å². The van der Waals surface area contributed by atoms with Crippen LogP contribution >= 0.6 is 22.6 Å². The summed E-state index contributed by atoms with van der Waals surface area (Å²) in [4.78, 5) is 0. The molecule has 1 rings (SSSR count). The van der Waals surface area contributed by atoms with Gasteiger partial charge < -0.3 is 15.7 Å². The Kier molecular flexibility index (Phi) is 3.35. The number of oxime groups is 1. The van der Waals surface area contributed by atoms with Gasteiger partial charge in [0.1, 0.15) is 5.75 Å². The molecule has 1 aromatic rings. The van der Waals surface area contributed by atoms with Gasteiger partial charge in [-0.05, 0) is 40.8 Å². The molecule has 0 atom stereocenters. The lowest BCUT2D eigenvalue weighted by molar-refractivity contribution is 0.318. The van der Waals surface area contributed by atoms with Crippen molar-refractivity contribution in [1.29, 1.82) is 0 Å². The van der Waals surface area contributed by atoms with Crippen LogP contribution in [0.3, 0.4) is 0 Å². The number of ether oxygens (including phenoxy) is 1. The monoisotopic (exact) mass is 292 g/mol. The SMILES string of the molecule is COc1ccc(I)cc1/C(N)=N/O. The fraction of sp³-hybridized carbons (Fsp3) is 0.125. The smallest absolute Gasteiger partial charge is 0.173 e. The molecule has 0 bridgehead atoms. The predicted molar refractivity (Wildman–Crippen MR) is 58.2 cm³/mol. The Labute approximate surface area is 89.5 Å². The van der Waals surface area contributed by atoms with E-state index < -0.39 is 0 Å². The first-order valence-corrected chi connectivity index (χ1v) is 4.58. The number of rotatable bonds is 2. The quantitative estimate of drug-likeness (QED) is 0.284. The molecule has 0 aliphatic rings. The van der Waals surface area contributed by atoms with Crippen molar-refractivity contribution in [2.45, 2.75) is 0 Å². The van der Waals surface area contributed by atoms with E-state index >= 15 is 0 Å². The van der Waals surface area contributed by atoms with Crippen LogP contribution in [0, 0.1) is 3.57 Å². The number of hydrogen-bond donors (Lipinski definition) is 2. The molecule has 1 aromatic carbocycles. The Morgan fingerprint density at radius 2 is 2.31 bits per heavy atom. The molecular formula is C8H9IN2O2. The lowest BCUT2D eigenvalue weighted by atomic mass is 10.2.